The molecule has 0 fully saturated rings. The lowest BCUT2D eigenvalue weighted by atomic mass is 10.3. The van der Waals surface area contributed by atoms with Crippen LogP contribution in [0, 0.1) is 0 Å². The van der Waals surface area contributed by atoms with E-state index in [-0.39, 0.29) is 17.9 Å². The molecule has 2 rings (SSSR count). The summed E-state index contributed by atoms with van der Waals surface area (Å²) in [6.45, 7) is 1.78. The van der Waals surface area contributed by atoms with Gasteiger partial charge in [0, 0.05) is 18.2 Å². The predicted octanol–water partition coefficient (Wildman–Crippen LogP) is 0.586. The van der Waals surface area contributed by atoms with Crippen molar-refractivity contribution in [1.29, 1.82) is 0 Å². The Balaban J connectivity index is 2.40. The number of aliphatic hydroxyl groups excluding tert-OH is 1. The van der Waals surface area contributed by atoms with Crippen LogP contribution in [0.1, 0.15) is 12.6 Å². The molecule has 1 aliphatic rings. The maximum absolute atomic E-state index is 11.8. The van der Waals surface area contributed by atoms with Crippen LogP contribution in [0.15, 0.2) is 4.90 Å². The number of anilines is 1. The molecule has 88 valence electrons. The number of rotatable bonds is 3. The van der Waals surface area contributed by atoms with Crippen molar-refractivity contribution < 1.29 is 9.32 Å². The van der Waals surface area contributed by atoms with Gasteiger partial charge in [-0.2, -0.15) is 4.98 Å². The van der Waals surface area contributed by atoms with Gasteiger partial charge in [-0.25, -0.2) is 4.98 Å². The fourth-order valence-electron chi connectivity index (χ4n) is 1.54. The van der Waals surface area contributed by atoms with Gasteiger partial charge < -0.3 is 10.4 Å². The average molecular weight is 262 g/mol. The molecule has 16 heavy (non-hydrogen) atoms. The second-order valence-electron chi connectivity index (χ2n) is 3.64. The summed E-state index contributed by atoms with van der Waals surface area (Å²) in [5, 5.41) is 12.1. The lowest BCUT2D eigenvalue weighted by Gasteiger charge is -2.13. The lowest BCUT2D eigenvalue weighted by molar-refractivity contribution is 0.281. The number of halogens is 1. The fourth-order valence-corrected chi connectivity index (χ4v) is 3.04. The van der Waals surface area contributed by atoms with Crippen LogP contribution >= 0.6 is 11.6 Å². The van der Waals surface area contributed by atoms with Gasteiger partial charge in [0.25, 0.3) is 0 Å². The average Bonchev–Trinajstić information content (AvgIpc) is 2.60. The molecule has 0 aliphatic carbocycles. The van der Waals surface area contributed by atoms with E-state index in [1.54, 1.807) is 6.92 Å². The largest absolute Gasteiger partial charge is 0.394 e. The Hall–Kier alpha value is -0.720. The topological polar surface area (TPSA) is 75.1 Å². The third kappa shape index (κ3) is 2.18. The van der Waals surface area contributed by atoms with E-state index in [1.165, 1.54) is 0 Å². The minimum atomic E-state index is -1.06. The van der Waals surface area contributed by atoms with Crippen molar-refractivity contribution in [3.8, 4) is 0 Å². The fraction of sp³-hybridized carbons (Fsp3) is 0.556. The number of aromatic nitrogens is 2. The molecule has 0 amide bonds. The Labute approximate surface area is 101 Å². The molecule has 0 saturated heterocycles. The van der Waals surface area contributed by atoms with Crippen molar-refractivity contribution in [3.05, 3.63) is 11.0 Å². The summed E-state index contributed by atoms with van der Waals surface area (Å²) in [5.74, 6) is 1.04. The van der Waals surface area contributed by atoms with Crippen LogP contribution in [0.5, 0.6) is 0 Å². The minimum absolute atomic E-state index is 0.0248. The molecule has 0 saturated carbocycles. The van der Waals surface area contributed by atoms with Crippen LogP contribution in [0.4, 0.5) is 5.82 Å². The normalized spacial score (nSPS) is 20.6. The number of nitrogens with zero attached hydrogens (tertiary/aromatic N) is 2. The smallest absolute Gasteiger partial charge is 0.224 e. The first-order valence-electron chi connectivity index (χ1n) is 4.94. The van der Waals surface area contributed by atoms with Crippen molar-refractivity contribution in [1.82, 2.24) is 9.97 Å². The molecular formula is C9H12ClN3O2S. The Bertz CT molecular complexity index is 441. The first-order chi connectivity index (χ1) is 7.61. The molecule has 1 aromatic rings. The van der Waals surface area contributed by atoms with Crippen molar-refractivity contribution in [3.63, 3.8) is 0 Å². The SMILES string of the molecule is CC(CO)Nc1nc(Cl)nc2c1[S@](=O)CC2. The second kappa shape index (κ2) is 4.65. The van der Waals surface area contributed by atoms with E-state index in [0.29, 0.717) is 22.9 Å². The van der Waals surface area contributed by atoms with E-state index in [9.17, 15) is 4.21 Å². The quantitative estimate of drug-likeness (QED) is 0.779. The number of hydrogen-bond donors (Lipinski definition) is 2. The van der Waals surface area contributed by atoms with E-state index >= 15 is 0 Å². The third-order valence-electron chi connectivity index (χ3n) is 2.32. The van der Waals surface area contributed by atoms with Gasteiger partial charge in [-0.05, 0) is 18.5 Å². The van der Waals surface area contributed by atoms with E-state index in [1.807, 2.05) is 0 Å². The predicted molar refractivity (Wildman–Crippen MR) is 62.2 cm³/mol. The van der Waals surface area contributed by atoms with E-state index in [2.05, 4.69) is 15.3 Å². The van der Waals surface area contributed by atoms with Crippen LogP contribution in [-0.2, 0) is 17.2 Å². The highest BCUT2D eigenvalue weighted by Gasteiger charge is 2.25. The van der Waals surface area contributed by atoms with Crippen LogP contribution < -0.4 is 5.32 Å². The van der Waals surface area contributed by atoms with Crippen LogP contribution in [0.25, 0.3) is 0 Å². The zero-order valence-corrected chi connectivity index (χ0v) is 10.3. The molecule has 7 heteroatoms. The molecule has 1 aromatic heterocycles. The molecule has 1 unspecified atom stereocenters. The minimum Gasteiger partial charge on any atom is -0.394 e. The summed E-state index contributed by atoms with van der Waals surface area (Å²) in [6, 6.07) is -0.160. The lowest BCUT2D eigenvalue weighted by Crippen LogP contribution is -2.21. The number of aryl methyl sites for hydroxylation is 1. The number of fused-ring (bicyclic) bond motifs is 1. The van der Waals surface area contributed by atoms with Gasteiger partial charge in [-0.1, -0.05) is 0 Å². The van der Waals surface area contributed by atoms with Gasteiger partial charge >= 0.3 is 0 Å². The molecular weight excluding hydrogens is 250 g/mol. The van der Waals surface area contributed by atoms with Crippen LogP contribution in [0.2, 0.25) is 5.28 Å². The molecule has 0 aromatic carbocycles. The standard InChI is InChI=1S/C9H12ClN3O2S/c1-5(4-14)11-8-7-6(2-3-16(7)15)12-9(10)13-8/h5,14H,2-4H2,1H3,(H,11,12,13)/t5?,16-/m1/s1. The zero-order valence-electron chi connectivity index (χ0n) is 8.73. The number of nitrogens with one attached hydrogen (secondary N) is 1. The summed E-state index contributed by atoms with van der Waals surface area (Å²) in [5.41, 5.74) is 0.742. The van der Waals surface area contributed by atoms with Crippen molar-refractivity contribution in [2.75, 3.05) is 17.7 Å². The Morgan fingerprint density at radius 1 is 1.62 bits per heavy atom. The molecule has 2 N–H and O–H groups in total. The monoisotopic (exact) mass is 261 g/mol. The first-order valence-corrected chi connectivity index (χ1v) is 6.63. The Morgan fingerprint density at radius 3 is 3.06 bits per heavy atom. The maximum Gasteiger partial charge on any atom is 0.224 e. The number of hydrogen-bond acceptors (Lipinski definition) is 5. The van der Waals surface area contributed by atoms with E-state index in [4.69, 9.17) is 16.7 Å². The van der Waals surface area contributed by atoms with Gasteiger partial charge in [-0.3, -0.25) is 4.21 Å². The van der Waals surface area contributed by atoms with Gasteiger partial charge in [0.15, 0.2) is 0 Å². The van der Waals surface area contributed by atoms with Gasteiger partial charge in [-0.15, -0.1) is 0 Å². The summed E-state index contributed by atoms with van der Waals surface area (Å²) < 4.78 is 11.8. The highest BCUT2D eigenvalue weighted by molar-refractivity contribution is 7.85. The number of aliphatic hydroxyl groups is 1. The molecule has 0 radical (unpaired) electrons. The van der Waals surface area contributed by atoms with E-state index < -0.39 is 10.8 Å². The van der Waals surface area contributed by atoms with Gasteiger partial charge in [0.05, 0.1) is 23.1 Å². The molecule has 2 heterocycles. The van der Waals surface area contributed by atoms with Gasteiger partial charge in [0.2, 0.25) is 5.28 Å². The molecule has 1 aliphatic heterocycles. The van der Waals surface area contributed by atoms with Gasteiger partial charge in [0.1, 0.15) is 10.7 Å². The highest BCUT2D eigenvalue weighted by atomic mass is 35.5. The van der Waals surface area contributed by atoms with E-state index in [0.717, 1.165) is 5.69 Å². The molecule has 5 nitrogen and oxygen atoms in total. The third-order valence-corrected chi connectivity index (χ3v) is 3.95. The van der Waals surface area contributed by atoms with Crippen molar-refractivity contribution >= 4 is 28.2 Å². The Kier molecular flexibility index (Phi) is 3.41. The maximum atomic E-state index is 11.8. The Morgan fingerprint density at radius 2 is 2.38 bits per heavy atom. The van der Waals surface area contributed by atoms with Crippen molar-refractivity contribution in [2.45, 2.75) is 24.3 Å². The summed E-state index contributed by atoms with van der Waals surface area (Å²) in [6.07, 6.45) is 0.659. The highest BCUT2D eigenvalue weighted by Crippen LogP contribution is 2.28. The zero-order chi connectivity index (χ0) is 11.7. The molecule has 0 spiro atoms. The summed E-state index contributed by atoms with van der Waals surface area (Å²) in [4.78, 5) is 8.71. The van der Waals surface area contributed by atoms with Crippen LogP contribution in [-0.4, -0.2) is 37.7 Å². The molecule has 0 bridgehead atoms. The van der Waals surface area contributed by atoms with Crippen LogP contribution in [0.3, 0.4) is 0 Å². The first kappa shape index (κ1) is 11.8. The molecule has 2 atom stereocenters. The van der Waals surface area contributed by atoms with Crippen molar-refractivity contribution in [2.24, 2.45) is 0 Å². The summed E-state index contributed by atoms with van der Waals surface area (Å²) >= 11 is 5.78. The summed E-state index contributed by atoms with van der Waals surface area (Å²) in [7, 11) is -1.06. The second-order valence-corrected chi connectivity index (χ2v) is 5.49.